The molecule has 68 valence electrons. The van der Waals surface area contributed by atoms with E-state index in [0.717, 1.165) is 31.8 Å². The standard InChI is InChI=1S/C9H15NO2/c11-9(12)8-2-1-5-10(8)6-7-3-4-7/h7-8H,1-6H2,(H,11,12)/t8-/m0/s1. The van der Waals surface area contributed by atoms with Crippen molar-refractivity contribution >= 4 is 5.97 Å². The lowest BCUT2D eigenvalue weighted by molar-refractivity contribution is -0.142. The Morgan fingerprint density at radius 1 is 1.42 bits per heavy atom. The van der Waals surface area contributed by atoms with Gasteiger partial charge in [-0.05, 0) is 38.1 Å². The topological polar surface area (TPSA) is 40.5 Å². The fourth-order valence-corrected chi connectivity index (χ4v) is 1.96. The summed E-state index contributed by atoms with van der Waals surface area (Å²) in [6.45, 7) is 2.02. The summed E-state index contributed by atoms with van der Waals surface area (Å²) in [6.07, 6.45) is 4.53. The van der Waals surface area contributed by atoms with Gasteiger partial charge in [0.2, 0.25) is 0 Å². The van der Waals surface area contributed by atoms with Crippen molar-refractivity contribution in [2.75, 3.05) is 13.1 Å². The van der Waals surface area contributed by atoms with Crippen LogP contribution in [0.5, 0.6) is 0 Å². The van der Waals surface area contributed by atoms with Crippen LogP contribution in [0.1, 0.15) is 25.7 Å². The lowest BCUT2D eigenvalue weighted by atomic mass is 10.2. The summed E-state index contributed by atoms with van der Waals surface area (Å²) < 4.78 is 0. The average molecular weight is 169 g/mol. The molecule has 0 amide bonds. The maximum Gasteiger partial charge on any atom is 0.320 e. The number of hydrogen-bond acceptors (Lipinski definition) is 2. The molecule has 0 radical (unpaired) electrons. The van der Waals surface area contributed by atoms with Crippen LogP contribution in [-0.4, -0.2) is 35.1 Å². The van der Waals surface area contributed by atoms with E-state index in [4.69, 9.17) is 5.11 Å². The van der Waals surface area contributed by atoms with Gasteiger partial charge in [-0.1, -0.05) is 0 Å². The van der Waals surface area contributed by atoms with Crippen LogP contribution in [-0.2, 0) is 4.79 Å². The zero-order chi connectivity index (χ0) is 8.55. The average Bonchev–Trinajstić information content (AvgIpc) is 2.66. The highest BCUT2D eigenvalue weighted by Gasteiger charge is 2.34. The lowest BCUT2D eigenvalue weighted by Crippen LogP contribution is -2.37. The molecule has 12 heavy (non-hydrogen) atoms. The second kappa shape index (κ2) is 3.05. The van der Waals surface area contributed by atoms with Gasteiger partial charge in [0, 0.05) is 6.54 Å². The minimum absolute atomic E-state index is 0.175. The molecule has 3 nitrogen and oxygen atoms in total. The first-order valence-electron chi connectivity index (χ1n) is 4.74. The van der Waals surface area contributed by atoms with E-state index in [1.807, 2.05) is 0 Å². The zero-order valence-corrected chi connectivity index (χ0v) is 7.20. The fraction of sp³-hybridized carbons (Fsp3) is 0.889. The number of aliphatic carboxylic acids is 1. The Morgan fingerprint density at radius 2 is 2.17 bits per heavy atom. The third-order valence-electron chi connectivity index (χ3n) is 2.84. The minimum atomic E-state index is -0.631. The van der Waals surface area contributed by atoms with Gasteiger partial charge in [-0.25, -0.2) is 0 Å². The van der Waals surface area contributed by atoms with Gasteiger partial charge in [0.05, 0.1) is 0 Å². The van der Waals surface area contributed by atoms with Crippen molar-refractivity contribution < 1.29 is 9.90 Å². The molecule has 2 aliphatic rings. The van der Waals surface area contributed by atoms with Crippen molar-refractivity contribution in [3.63, 3.8) is 0 Å². The van der Waals surface area contributed by atoms with E-state index in [9.17, 15) is 4.79 Å². The van der Waals surface area contributed by atoms with Crippen LogP contribution in [0.25, 0.3) is 0 Å². The Bertz CT molecular complexity index is 189. The van der Waals surface area contributed by atoms with Gasteiger partial charge < -0.3 is 5.11 Å². The van der Waals surface area contributed by atoms with Gasteiger partial charge in [-0.3, -0.25) is 9.69 Å². The molecule has 2 fully saturated rings. The SMILES string of the molecule is O=C(O)[C@@H]1CCCN1CC1CC1. The first-order chi connectivity index (χ1) is 5.77. The van der Waals surface area contributed by atoms with Gasteiger partial charge in [-0.15, -0.1) is 0 Å². The van der Waals surface area contributed by atoms with Crippen molar-refractivity contribution in [1.82, 2.24) is 4.90 Å². The third-order valence-corrected chi connectivity index (χ3v) is 2.84. The lowest BCUT2D eigenvalue weighted by Gasteiger charge is -2.20. The third kappa shape index (κ3) is 1.61. The molecule has 0 aromatic rings. The summed E-state index contributed by atoms with van der Waals surface area (Å²) in [6, 6.07) is -0.175. The van der Waals surface area contributed by atoms with E-state index in [1.54, 1.807) is 0 Å². The molecular formula is C9H15NO2. The Labute approximate surface area is 72.4 Å². The smallest absolute Gasteiger partial charge is 0.320 e. The van der Waals surface area contributed by atoms with Gasteiger partial charge in [-0.2, -0.15) is 0 Å². The molecule has 3 heteroatoms. The van der Waals surface area contributed by atoms with Gasteiger partial charge in [0.15, 0.2) is 0 Å². The van der Waals surface area contributed by atoms with Crippen molar-refractivity contribution in [3.05, 3.63) is 0 Å². The van der Waals surface area contributed by atoms with Crippen LogP contribution < -0.4 is 0 Å². The van der Waals surface area contributed by atoms with Crippen molar-refractivity contribution in [2.45, 2.75) is 31.7 Å². The zero-order valence-electron chi connectivity index (χ0n) is 7.20. The summed E-state index contributed by atoms with van der Waals surface area (Å²) in [5.41, 5.74) is 0. The molecule has 0 unspecified atom stereocenters. The van der Waals surface area contributed by atoms with Crippen molar-refractivity contribution in [3.8, 4) is 0 Å². The Kier molecular flexibility index (Phi) is 2.05. The number of carboxylic acid groups (broad SMARTS) is 1. The molecular weight excluding hydrogens is 154 g/mol. The van der Waals surface area contributed by atoms with Gasteiger partial charge >= 0.3 is 5.97 Å². The van der Waals surface area contributed by atoms with E-state index in [2.05, 4.69) is 4.90 Å². The molecule has 0 aromatic carbocycles. The van der Waals surface area contributed by atoms with Crippen LogP contribution in [0, 0.1) is 5.92 Å². The molecule has 0 aromatic heterocycles. The van der Waals surface area contributed by atoms with E-state index in [1.165, 1.54) is 12.8 Å². The predicted octanol–water partition coefficient (Wildman–Crippen LogP) is 0.945. The summed E-state index contributed by atoms with van der Waals surface area (Å²) in [5.74, 6) is 0.179. The molecule has 1 aliphatic heterocycles. The monoisotopic (exact) mass is 169 g/mol. The molecule has 1 saturated carbocycles. The minimum Gasteiger partial charge on any atom is -0.480 e. The molecule has 1 saturated heterocycles. The maximum absolute atomic E-state index is 10.8. The number of rotatable bonds is 3. The Balaban J connectivity index is 1.88. The molecule has 0 bridgehead atoms. The normalized spacial score (nSPS) is 30.8. The van der Waals surface area contributed by atoms with Crippen LogP contribution in [0.15, 0.2) is 0 Å². The molecule has 1 heterocycles. The summed E-state index contributed by atoms with van der Waals surface area (Å²) in [5, 5.41) is 8.88. The molecule has 0 spiro atoms. The first-order valence-corrected chi connectivity index (χ1v) is 4.74. The Hall–Kier alpha value is -0.570. The van der Waals surface area contributed by atoms with Gasteiger partial charge in [0.1, 0.15) is 6.04 Å². The van der Waals surface area contributed by atoms with Gasteiger partial charge in [0.25, 0.3) is 0 Å². The van der Waals surface area contributed by atoms with E-state index in [-0.39, 0.29) is 6.04 Å². The van der Waals surface area contributed by atoms with Crippen LogP contribution in [0.2, 0.25) is 0 Å². The summed E-state index contributed by atoms with van der Waals surface area (Å²) >= 11 is 0. The number of carbonyl (C=O) groups is 1. The molecule has 1 aliphatic carbocycles. The highest BCUT2D eigenvalue weighted by Crippen LogP contribution is 2.32. The second-order valence-electron chi connectivity index (χ2n) is 3.93. The Morgan fingerprint density at radius 3 is 2.75 bits per heavy atom. The van der Waals surface area contributed by atoms with Crippen molar-refractivity contribution in [2.24, 2.45) is 5.92 Å². The second-order valence-corrected chi connectivity index (χ2v) is 3.93. The highest BCUT2D eigenvalue weighted by molar-refractivity contribution is 5.73. The largest absolute Gasteiger partial charge is 0.480 e. The van der Waals surface area contributed by atoms with Crippen LogP contribution in [0.4, 0.5) is 0 Å². The highest BCUT2D eigenvalue weighted by atomic mass is 16.4. The number of nitrogens with zero attached hydrogens (tertiary/aromatic N) is 1. The quantitative estimate of drug-likeness (QED) is 0.683. The molecule has 2 rings (SSSR count). The number of carboxylic acids is 1. The van der Waals surface area contributed by atoms with Crippen LogP contribution >= 0.6 is 0 Å². The molecule has 1 N–H and O–H groups in total. The van der Waals surface area contributed by atoms with Crippen LogP contribution in [0.3, 0.4) is 0 Å². The van der Waals surface area contributed by atoms with E-state index in [0.29, 0.717) is 0 Å². The first kappa shape index (κ1) is 8.05. The maximum atomic E-state index is 10.8. The van der Waals surface area contributed by atoms with E-state index < -0.39 is 5.97 Å². The molecule has 1 atom stereocenters. The predicted molar refractivity (Wildman–Crippen MR) is 45.0 cm³/mol. The number of hydrogen-bond donors (Lipinski definition) is 1. The number of likely N-dealkylation sites (tertiary alicyclic amines) is 1. The van der Waals surface area contributed by atoms with Crippen molar-refractivity contribution in [1.29, 1.82) is 0 Å². The summed E-state index contributed by atoms with van der Waals surface area (Å²) in [4.78, 5) is 12.9. The summed E-state index contributed by atoms with van der Waals surface area (Å²) in [7, 11) is 0. The van der Waals surface area contributed by atoms with E-state index >= 15 is 0 Å². The fourth-order valence-electron chi connectivity index (χ4n) is 1.96.